The standard InChI is InChI=1S/C34H62O4Si2/c1-13-14-15-19-28(37-39(9,10)33(2,3)4)21-22-29-30-24-26(18-16-17-20-32(35)36-8)23-27(30)25-31(29)38-40(11,12)34(5,6)7/h16,18,21-23,27-31H,13-15,17,19-20,24-25H2,1-12H3/b18-16?,22-21-/t27-,28?,29-,30-,31+/m0/s1. The molecule has 0 aliphatic heterocycles. The van der Waals surface area contributed by atoms with Crippen LogP contribution in [0.15, 0.2) is 36.0 Å². The van der Waals surface area contributed by atoms with Gasteiger partial charge in [-0.3, -0.25) is 4.79 Å². The fourth-order valence-corrected chi connectivity index (χ4v) is 8.13. The smallest absolute Gasteiger partial charge is 0.305 e. The van der Waals surface area contributed by atoms with E-state index in [1.807, 2.05) is 0 Å². The molecule has 5 atom stereocenters. The van der Waals surface area contributed by atoms with E-state index >= 15 is 0 Å². The SMILES string of the molecule is CCCCCC(/C=C\[C@H]1[C@H]2CC(C=CCCC(=O)OC)=C[C@H]2C[C@H]1O[Si](C)(C)C(C)(C)C)O[Si](C)(C)C(C)(C)C. The number of esters is 1. The average molecular weight is 591 g/mol. The number of unbranched alkanes of at least 4 members (excludes halogenated alkanes) is 2. The minimum atomic E-state index is -1.90. The molecule has 0 spiro atoms. The molecule has 0 heterocycles. The Labute approximate surface area is 249 Å². The first-order valence-corrected chi connectivity index (χ1v) is 21.7. The second-order valence-electron chi connectivity index (χ2n) is 15.3. The van der Waals surface area contributed by atoms with Crippen LogP contribution in [0.2, 0.25) is 36.3 Å². The van der Waals surface area contributed by atoms with Gasteiger partial charge in [0.15, 0.2) is 16.6 Å². The molecule has 0 aromatic heterocycles. The lowest BCUT2D eigenvalue weighted by Crippen LogP contribution is -2.45. The lowest BCUT2D eigenvalue weighted by Gasteiger charge is -2.40. The highest BCUT2D eigenvalue weighted by Gasteiger charge is 2.48. The summed E-state index contributed by atoms with van der Waals surface area (Å²) in [7, 11) is -2.33. The van der Waals surface area contributed by atoms with Crippen LogP contribution >= 0.6 is 0 Å². The van der Waals surface area contributed by atoms with Gasteiger partial charge in [-0.05, 0) is 73.8 Å². The molecule has 230 valence electrons. The minimum absolute atomic E-state index is 0.147. The zero-order valence-corrected chi connectivity index (χ0v) is 30.1. The normalized spacial score (nSPS) is 25.1. The van der Waals surface area contributed by atoms with Crippen LogP contribution in [0.25, 0.3) is 0 Å². The number of hydrogen-bond donors (Lipinski definition) is 0. The molecule has 0 aromatic rings. The number of rotatable bonds is 14. The largest absolute Gasteiger partial charge is 0.469 e. The van der Waals surface area contributed by atoms with Crippen molar-refractivity contribution in [2.24, 2.45) is 17.8 Å². The zero-order valence-electron chi connectivity index (χ0n) is 28.1. The number of allylic oxidation sites excluding steroid dienone is 4. The molecule has 2 rings (SSSR count). The maximum Gasteiger partial charge on any atom is 0.305 e. The second-order valence-corrected chi connectivity index (χ2v) is 24.8. The number of carbonyl (C=O) groups is 1. The number of methoxy groups -OCH3 is 1. The van der Waals surface area contributed by atoms with Crippen LogP contribution in [0.1, 0.15) is 99.8 Å². The Morgan fingerprint density at radius 1 is 1.05 bits per heavy atom. The molecule has 0 N–H and O–H groups in total. The van der Waals surface area contributed by atoms with Crippen molar-refractivity contribution in [3.05, 3.63) is 36.0 Å². The summed E-state index contributed by atoms with van der Waals surface area (Å²) in [5.74, 6) is 1.36. The molecular weight excluding hydrogens is 529 g/mol. The molecule has 40 heavy (non-hydrogen) atoms. The second kappa shape index (κ2) is 14.5. The van der Waals surface area contributed by atoms with Gasteiger partial charge in [0.1, 0.15) is 0 Å². The summed E-state index contributed by atoms with van der Waals surface area (Å²) in [6.07, 6.45) is 20.3. The number of carbonyl (C=O) groups excluding carboxylic acids is 1. The average Bonchev–Trinajstić information content (AvgIpc) is 3.35. The minimum Gasteiger partial charge on any atom is -0.469 e. The van der Waals surface area contributed by atoms with E-state index in [9.17, 15) is 4.79 Å². The molecule has 1 fully saturated rings. The third-order valence-corrected chi connectivity index (χ3v) is 19.1. The highest BCUT2D eigenvalue weighted by molar-refractivity contribution is 6.74. The van der Waals surface area contributed by atoms with Crippen molar-refractivity contribution in [1.29, 1.82) is 0 Å². The van der Waals surface area contributed by atoms with Gasteiger partial charge < -0.3 is 13.6 Å². The van der Waals surface area contributed by atoms with Gasteiger partial charge in [0.25, 0.3) is 0 Å². The van der Waals surface area contributed by atoms with Gasteiger partial charge in [-0.25, -0.2) is 0 Å². The molecule has 0 amide bonds. The van der Waals surface area contributed by atoms with E-state index in [0.29, 0.717) is 24.2 Å². The molecule has 2 aliphatic carbocycles. The van der Waals surface area contributed by atoms with E-state index in [1.54, 1.807) is 0 Å². The first-order valence-electron chi connectivity index (χ1n) is 15.9. The quantitative estimate of drug-likeness (QED) is 0.0874. The van der Waals surface area contributed by atoms with Gasteiger partial charge in [-0.15, -0.1) is 0 Å². The summed E-state index contributed by atoms with van der Waals surface area (Å²) in [5.41, 5.74) is 1.40. The van der Waals surface area contributed by atoms with Gasteiger partial charge in [-0.1, -0.05) is 104 Å². The van der Waals surface area contributed by atoms with Crippen LogP contribution < -0.4 is 0 Å². The van der Waals surface area contributed by atoms with E-state index in [1.165, 1.54) is 31.9 Å². The van der Waals surface area contributed by atoms with Gasteiger partial charge in [0.05, 0.1) is 19.3 Å². The fraction of sp³-hybridized carbons (Fsp3) is 0.794. The van der Waals surface area contributed by atoms with Crippen molar-refractivity contribution >= 4 is 22.6 Å². The molecular formula is C34H62O4Si2. The van der Waals surface area contributed by atoms with E-state index < -0.39 is 16.6 Å². The van der Waals surface area contributed by atoms with Crippen LogP contribution in [0.4, 0.5) is 0 Å². The van der Waals surface area contributed by atoms with Crippen LogP contribution in [-0.2, 0) is 18.4 Å². The Morgan fingerprint density at radius 2 is 1.70 bits per heavy atom. The van der Waals surface area contributed by atoms with Gasteiger partial charge in [0, 0.05) is 12.3 Å². The predicted molar refractivity (Wildman–Crippen MR) is 176 cm³/mol. The number of ether oxygens (including phenoxy) is 1. The summed E-state index contributed by atoms with van der Waals surface area (Å²) in [5, 5.41) is 0.386. The van der Waals surface area contributed by atoms with Crippen molar-refractivity contribution in [2.75, 3.05) is 7.11 Å². The molecule has 0 radical (unpaired) electrons. The molecule has 4 nitrogen and oxygen atoms in total. The molecule has 0 bridgehead atoms. The molecule has 0 aromatic carbocycles. The maximum atomic E-state index is 11.5. The monoisotopic (exact) mass is 590 g/mol. The van der Waals surface area contributed by atoms with Crippen molar-refractivity contribution in [1.82, 2.24) is 0 Å². The van der Waals surface area contributed by atoms with E-state index in [-0.39, 0.29) is 28.3 Å². The molecule has 2 aliphatic rings. The van der Waals surface area contributed by atoms with Crippen LogP contribution in [0.3, 0.4) is 0 Å². The number of fused-ring (bicyclic) bond motifs is 1. The summed E-state index contributed by atoms with van der Waals surface area (Å²) in [4.78, 5) is 11.5. The lowest BCUT2D eigenvalue weighted by atomic mass is 9.89. The molecule has 0 saturated heterocycles. The summed E-state index contributed by atoms with van der Waals surface area (Å²) in [6, 6.07) is 0. The topological polar surface area (TPSA) is 44.8 Å². The summed E-state index contributed by atoms with van der Waals surface area (Å²) >= 11 is 0. The Bertz CT molecular complexity index is 904. The van der Waals surface area contributed by atoms with Crippen molar-refractivity contribution in [2.45, 2.75) is 148 Å². The van der Waals surface area contributed by atoms with E-state index in [2.05, 4.69) is 105 Å². The van der Waals surface area contributed by atoms with Crippen LogP contribution in [0.5, 0.6) is 0 Å². The fourth-order valence-electron chi connectivity index (χ4n) is 5.46. The van der Waals surface area contributed by atoms with Crippen molar-refractivity contribution in [3.63, 3.8) is 0 Å². The predicted octanol–water partition coefficient (Wildman–Crippen LogP) is 10.00. The van der Waals surface area contributed by atoms with Crippen LogP contribution in [-0.4, -0.2) is 41.9 Å². The Hall–Kier alpha value is -0.956. The third kappa shape index (κ3) is 9.81. The van der Waals surface area contributed by atoms with Crippen LogP contribution in [0, 0.1) is 17.8 Å². The first kappa shape index (κ1) is 35.2. The Morgan fingerprint density at radius 3 is 2.27 bits per heavy atom. The zero-order chi connectivity index (χ0) is 30.4. The Kier molecular flexibility index (Phi) is 12.8. The van der Waals surface area contributed by atoms with Gasteiger partial charge >= 0.3 is 5.97 Å². The van der Waals surface area contributed by atoms with Crippen molar-refractivity contribution in [3.8, 4) is 0 Å². The highest BCUT2D eigenvalue weighted by atomic mass is 28.4. The number of hydrogen-bond acceptors (Lipinski definition) is 4. The van der Waals surface area contributed by atoms with Gasteiger partial charge in [-0.2, -0.15) is 0 Å². The summed E-state index contributed by atoms with van der Waals surface area (Å²) < 4.78 is 18.9. The Balaban J connectivity index is 2.28. The van der Waals surface area contributed by atoms with Gasteiger partial charge in [0.2, 0.25) is 0 Å². The molecule has 1 saturated carbocycles. The first-order chi connectivity index (χ1) is 18.4. The summed E-state index contributed by atoms with van der Waals surface area (Å²) in [6.45, 7) is 25.8. The van der Waals surface area contributed by atoms with E-state index in [4.69, 9.17) is 13.6 Å². The highest BCUT2D eigenvalue weighted by Crippen LogP contribution is 2.51. The van der Waals surface area contributed by atoms with Crippen molar-refractivity contribution < 1.29 is 18.4 Å². The lowest BCUT2D eigenvalue weighted by molar-refractivity contribution is -0.140. The molecule has 6 heteroatoms. The third-order valence-electron chi connectivity index (χ3n) is 10.1. The van der Waals surface area contributed by atoms with E-state index in [0.717, 1.165) is 25.7 Å². The molecule has 1 unspecified atom stereocenters. The maximum absolute atomic E-state index is 11.5.